The van der Waals surface area contributed by atoms with E-state index >= 15 is 0 Å². The second kappa shape index (κ2) is 5.98. The molecular formula is C13H20N2O3S. The van der Waals surface area contributed by atoms with Crippen molar-refractivity contribution in [3.63, 3.8) is 0 Å². The van der Waals surface area contributed by atoms with Crippen molar-refractivity contribution >= 4 is 17.3 Å². The van der Waals surface area contributed by atoms with Gasteiger partial charge in [0.05, 0.1) is 22.9 Å². The molecule has 0 aliphatic carbocycles. The second-order valence-electron chi connectivity index (χ2n) is 5.09. The van der Waals surface area contributed by atoms with Gasteiger partial charge in [-0.2, -0.15) is 0 Å². The van der Waals surface area contributed by atoms with E-state index in [0.717, 1.165) is 31.1 Å². The van der Waals surface area contributed by atoms with Crippen LogP contribution in [-0.4, -0.2) is 52.8 Å². The highest BCUT2D eigenvalue weighted by atomic mass is 32.1. The molecule has 0 bridgehead atoms. The zero-order valence-corrected chi connectivity index (χ0v) is 12.4. The highest BCUT2D eigenvalue weighted by molar-refractivity contribution is 7.13. The van der Waals surface area contributed by atoms with Crippen LogP contribution in [0.4, 0.5) is 0 Å². The Bertz CT molecular complexity index is 451. The van der Waals surface area contributed by atoms with Gasteiger partial charge in [-0.3, -0.25) is 4.90 Å². The number of thiazole rings is 1. The maximum atomic E-state index is 11.0. The van der Waals surface area contributed by atoms with E-state index in [0.29, 0.717) is 10.6 Å². The first-order chi connectivity index (χ1) is 8.95. The number of aryl methyl sites for hydroxylation is 1. The topological polar surface area (TPSA) is 62.7 Å². The van der Waals surface area contributed by atoms with Crippen LogP contribution in [0.25, 0.3) is 0 Å². The van der Waals surface area contributed by atoms with Crippen LogP contribution in [0.2, 0.25) is 0 Å². The molecule has 1 aromatic heterocycles. The number of ether oxygens (including phenoxy) is 1. The van der Waals surface area contributed by atoms with Gasteiger partial charge in [0.25, 0.3) is 0 Å². The van der Waals surface area contributed by atoms with Crippen molar-refractivity contribution in [1.82, 2.24) is 9.88 Å². The van der Waals surface area contributed by atoms with Gasteiger partial charge >= 0.3 is 5.97 Å². The molecule has 1 N–H and O–H groups in total. The van der Waals surface area contributed by atoms with Crippen molar-refractivity contribution in [3.05, 3.63) is 15.6 Å². The molecule has 1 aliphatic rings. The Balaban J connectivity index is 1.91. The summed E-state index contributed by atoms with van der Waals surface area (Å²) in [5.41, 5.74) is 0.621. The number of rotatable bonds is 4. The van der Waals surface area contributed by atoms with Gasteiger partial charge < -0.3 is 9.84 Å². The van der Waals surface area contributed by atoms with Crippen LogP contribution in [0.15, 0.2) is 0 Å². The molecule has 5 nitrogen and oxygen atoms in total. The molecule has 0 amide bonds. The van der Waals surface area contributed by atoms with Crippen LogP contribution in [0.3, 0.4) is 0 Å². The fourth-order valence-electron chi connectivity index (χ4n) is 2.48. The minimum absolute atomic E-state index is 0.261. The molecule has 2 atom stereocenters. The van der Waals surface area contributed by atoms with E-state index in [4.69, 9.17) is 9.84 Å². The first kappa shape index (κ1) is 14.4. The van der Waals surface area contributed by atoms with E-state index in [1.54, 1.807) is 6.92 Å². The number of aromatic nitrogens is 1. The zero-order valence-electron chi connectivity index (χ0n) is 11.5. The van der Waals surface area contributed by atoms with Crippen LogP contribution >= 0.6 is 11.3 Å². The Morgan fingerprint density at radius 1 is 1.47 bits per heavy atom. The summed E-state index contributed by atoms with van der Waals surface area (Å²) >= 11 is 1.29. The molecule has 1 aromatic rings. The number of carbonyl (C=O) groups is 1. The summed E-state index contributed by atoms with van der Waals surface area (Å²) in [5, 5.41) is 9.91. The standard InChI is InChI=1S/C13H20N2O3S/c1-8-6-15(7-9(2)18-8)5-4-11-14-10(3)12(19-11)13(16)17/h8-9H,4-7H2,1-3H3,(H,16,17). The second-order valence-corrected chi connectivity index (χ2v) is 6.18. The Labute approximate surface area is 117 Å². The molecule has 0 spiro atoms. The summed E-state index contributed by atoms with van der Waals surface area (Å²) in [6.07, 6.45) is 1.32. The van der Waals surface area contributed by atoms with Crippen LogP contribution in [-0.2, 0) is 11.2 Å². The fourth-order valence-corrected chi connectivity index (χ4v) is 3.37. The van der Waals surface area contributed by atoms with E-state index in [2.05, 4.69) is 23.7 Å². The van der Waals surface area contributed by atoms with Crippen molar-refractivity contribution in [2.45, 2.75) is 39.4 Å². The highest BCUT2D eigenvalue weighted by Crippen LogP contribution is 2.19. The number of hydrogen-bond donors (Lipinski definition) is 1. The van der Waals surface area contributed by atoms with E-state index in [1.165, 1.54) is 11.3 Å². The van der Waals surface area contributed by atoms with Gasteiger partial charge in [-0.25, -0.2) is 9.78 Å². The molecule has 19 heavy (non-hydrogen) atoms. The summed E-state index contributed by atoms with van der Waals surface area (Å²) < 4.78 is 5.69. The van der Waals surface area contributed by atoms with Gasteiger partial charge in [-0.15, -0.1) is 11.3 Å². The summed E-state index contributed by atoms with van der Waals surface area (Å²) in [4.78, 5) is 18.0. The lowest BCUT2D eigenvalue weighted by Crippen LogP contribution is -2.46. The van der Waals surface area contributed by atoms with Gasteiger partial charge in [-0.1, -0.05) is 0 Å². The molecular weight excluding hydrogens is 264 g/mol. The zero-order chi connectivity index (χ0) is 14.0. The SMILES string of the molecule is Cc1nc(CCN2CC(C)OC(C)C2)sc1C(=O)O. The minimum Gasteiger partial charge on any atom is -0.477 e. The van der Waals surface area contributed by atoms with Crippen molar-refractivity contribution in [2.75, 3.05) is 19.6 Å². The smallest absolute Gasteiger partial charge is 0.347 e. The van der Waals surface area contributed by atoms with Crippen molar-refractivity contribution in [2.24, 2.45) is 0 Å². The number of morpholine rings is 1. The Hall–Kier alpha value is -0.980. The third-order valence-electron chi connectivity index (χ3n) is 3.17. The van der Waals surface area contributed by atoms with E-state index in [1.807, 2.05) is 0 Å². The maximum absolute atomic E-state index is 11.0. The summed E-state index contributed by atoms with van der Waals surface area (Å²) in [6, 6.07) is 0. The molecule has 2 heterocycles. The molecule has 106 valence electrons. The van der Waals surface area contributed by atoms with Crippen LogP contribution < -0.4 is 0 Å². The molecule has 1 saturated heterocycles. The van der Waals surface area contributed by atoms with Gasteiger partial charge in [0, 0.05) is 26.1 Å². The van der Waals surface area contributed by atoms with Crippen molar-refractivity contribution < 1.29 is 14.6 Å². The predicted molar refractivity (Wildman–Crippen MR) is 74.0 cm³/mol. The van der Waals surface area contributed by atoms with Crippen molar-refractivity contribution in [3.8, 4) is 0 Å². The Morgan fingerprint density at radius 3 is 2.63 bits per heavy atom. The Morgan fingerprint density at radius 2 is 2.11 bits per heavy atom. The molecule has 2 rings (SSSR count). The minimum atomic E-state index is -0.880. The van der Waals surface area contributed by atoms with E-state index < -0.39 is 5.97 Å². The lowest BCUT2D eigenvalue weighted by Gasteiger charge is -2.35. The number of carboxylic acids is 1. The highest BCUT2D eigenvalue weighted by Gasteiger charge is 2.22. The van der Waals surface area contributed by atoms with Crippen LogP contribution in [0, 0.1) is 6.92 Å². The first-order valence-electron chi connectivity index (χ1n) is 6.53. The van der Waals surface area contributed by atoms with Gasteiger partial charge in [-0.05, 0) is 20.8 Å². The monoisotopic (exact) mass is 284 g/mol. The van der Waals surface area contributed by atoms with Gasteiger partial charge in [0.2, 0.25) is 0 Å². The molecule has 0 radical (unpaired) electrons. The molecule has 6 heteroatoms. The predicted octanol–water partition coefficient (Wildman–Crippen LogP) is 1.80. The summed E-state index contributed by atoms with van der Waals surface area (Å²) in [6.45, 7) is 8.69. The van der Waals surface area contributed by atoms with E-state index in [9.17, 15) is 4.79 Å². The summed E-state index contributed by atoms with van der Waals surface area (Å²) in [7, 11) is 0. The third kappa shape index (κ3) is 3.75. The summed E-state index contributed by atoms with van der Waals surface area (Å²) in [5.74, 6) is -0.880. The van der Waals surface area contributed by atoms with Crippen LogP contribution in [0.5, 0.6) is 0 Å². The molecule has 2 unspecified atom stereocenters. The molecule has 1 aliphatic heterocycles. The number of aromatic carboxylic acids is 1. The van der Waals surface area contributed by atoms with Gasteiger partial charge in [0.15, 0.2) is 0 Å². The maximum Gasteiger partial charge on any atom is 0.347 e. The van der Waals surface area contributed by atoms with E-state index in [-0.39, 0.29) is 12.2 Å². The third-order valence-corrected chi connectivity index (χ3v) is 4.38. The average Bonchev–Trinajstić information content (AvgIpc) is 2.67. The fraction of sp³-hybridized carbons (Fsp3) is 0.692. The molecule has 1 fully saturated rings. The average molecular weight is 284 g/mol. The molecule has 0 saturated carbocycles. The molecule has 0 aromatic carbocycles. The Kier molecular flexibility index (Phi) is 4.54. The normalized spacial score (nSPS) is 24.6. The quantitative estimate of drug-likeness (QED) is 0.913. The van der Waals surface area contributed by atoms with Gasteiger partial charge in [0.1, 0.15) is 4.88 Å². The lowest BCUT2D eigenvalue weighted by molar-refractivity contribution is -0.0675. The van der Waals surface area contributed by atoms with Crippen molar-refractivity contribution in [1.29, 1.82) is 0 Å². The lowest BCUT2D eigenvalue weighted by atomic mass is 10.2. The largest absolute Gasteiger partial charge is 0.477 e. The number of carboxylic acid groups (broad SMARTS) is 1. The van der Waals surface area contributed by atoms with Crippen LogP contribution in [0.1, 0.15) is 34.2 Å². The number of nitrogens with zero attached hydrogens (tertiary/aromatic N) is 2. The number of hydrogen-bond acceptors (Lipinski definition) is 5. The first-order valence-corrected chi connectivity index (χ1v) is 7.34.